The zero-order valence-electron chi connectivity index (χ0n) is 16.5. The molecule has 3 rings (SSSR count). The van der Waals surface area contributed by atoms with Crippen LogP contribution in [0.4, 0.5) is 5.69 Å². The van der Waals surface area contributed by atoms with Gasteiger partial charge in [-0.2, -0.15) is 5.10 Å². The van der Waals surface area contributed by atoms with Crippen molar-refractivity contribution in [3.8, 4) is 5.75 Å². The number of benzene rings is 3. The predicted octanol–water partition coefficient (Wildman–Crippen LogP) is 3.96. The first-order chi connectivity index (χ1) is 14.9. The number of hydrogen-bond acceptors (Lipinski definition) is 5. The molecule has 7 nitrogen and oxygen atoms in total. The van der Waals surface area contributed by atoms with Gasteiger partial charge in [-0.25, -0.2) is 10.2 Å². The number of esters is 1. The smallest absolute Gasteiger partial charge is 0.343 e. The summed E-state index contributed by atoms with van der Waals surface area (Å²) in [6.07, 6.45) is 1.28. The van der Waals surface area contributed by atoms with Gasteiger partial charge in [0.15, 0.2) is 0 Å². The lowest BCUT2D eigenvalue weighted by Crippen LogP contribution is -2.32. The van der Waals surface area contributed by atoms with Crippen molar-refractivity contribution in [3.63, 3.8) is 0 Å². The molecule has 3 aromatic rings. The first kappa shape index (κ1) is 21.7. The number of anilines is 1. The Morgan fingerprint density at radius 3 is 2.32 bits per heavy atom. The van der Waals surface area contributed by atoms with Gasteiger partial charge in [0.05, 0.1) is 22.5 Å². The van der Waals surface area contributed by atoms with Crippen molar-refractivity contribution in [2.75, 3.05) is 5.32 Å². The van der Waals surface area contributed by atoms with E-state index in [4.69, 9.17) is 16.3 Å². The number of hydrazone groups is 1. The van der Waals surface area contributed by atoms with Crippen LogP contribution in [-0.2, 0) is 9.59 Å². The number of carbonyl (C=O) groups excluding carboxylic acids is 3. The van der Waals surface area contributed by atoms with E-state index in [9.17, 15) is 14.4 Å². The molecular weight excluding hydrogens is 418 g/mol. The van der Waals surface area contributed by atoms with E-state index < -0.39 is 17.8 Å². The Bertz CT molecular complexity index is 1140. The van der Waals surface area contributed by atoms with Crippen LogP contribution in [0.5, 0.6) is 5.75 Å². The summed E-state index contributed by atoms with van der Waals surface area (Å²) >= 11 is 5.95. The summed E-state index contributed by atoms with van der Waals surface area (Å²) in [6.45, 7) is 1.92. The Balaban J connectivity index is 1.62. The van der Waals surface area contributed by atoms with Crippen LogP contribution >= 0.6 is 11.6 Å². The lowest BCUT2D eigenvalue weighted by Gasteiger charge is -2.08. The number of rotatable bonds is 5. The molecule has 156 valence electrons. The molecule has 0 heterocycles. The highest BCUT2D eigenvalue weighted by Gasteiger charge is 2.14. The zero-order chi connectivity index (χ0) is 22.2. The summed E-state index contributed by atoms with van der Waals surface area (Å²) in [6, 6.07) is 20.2. The maximum absolute atomic E-state index is 12.3. The number of nitrogens with one attached hydrogen (secondary N) is 2. The van der Waals surface area contributed by atoms with E-state index in [1.165, 1.54) is 6.21 Å². The molecule has 0 fully saturated rings. The molecule has 0 spiro atoms. The molecule has 0 aliphatic heterocycles. The quantitative estimate of drug-likeness (QED) is 0.208. The lowest BCUT2D eigenvalue weighted by atomic mass is 10.1. The number of ether oxygens (including phenoxy) is 1. The van der Waals surface area contributed by atoms with E-state index in [1.54, 1.807) is 60.7 Å². The third-order valence-corrected chi connectivity index (χ3v) is 4.44. The maximum atomic E-state index is 12.3. The van der Waals surface area contributed by atoms with Crippen LogP contribution < -0.4 is 15.5 Å². The van der Waals surface area contributed by atoms with Crippen molar-refractivity contribution in [2.24, 2.45) is 5.10 Å². The van der Waals surface area contributed by atoms with Gasteiger partial charge in [0.2, 0.25) is 0 Å². The van der Waals surface area contributed by atoms with Crippen LogP contribution in [0.2, 0.25) is 5.02 Å². The van der Waals surface area contributed by atoms with Crippen molar-refractivity contribution in [2.45, 2.75) is 6.92 Å². The molecule has 3 aromatic carbocycles. The second-order valence-corrected chi connectivity index (χ2v) is 6.83. The number of hydrogen-bond donors (Lipinski definition) is 2. The Labute approximate surface area is 183 Å². The van der Waals surface area contributed by atoms with Gasteiger partial charge >= 0.3 is 17.8 Å². The molecule has 0 bridgehead atoms. The van der Waals surface area contributed by atoms with Gasteiger partial charge in [-0.15, -0.1) is 0 Å². The molecule has 2 amide bonds. The number of halogens is 1. The van der Waals surface area contributed by atoms with E-state index in [2.05, 4.69) is 15.8 Å². The highest BCUT2D eigenvalue weighted by molar-refractivity contribution is 6.41. The van der Waals surface area contributed by atoms with E-state index in [-0.39, 0.29) is 5.75 Å². The van der Waals surface area contributed by atoms with Crippen molar-refractivity contribution < 1.29 is 19.1 Å². The molecular formula is C23H18ClN3O4. The minimum Gasteiger partial charge on any atom is -0.422 e. The molecule has 0 atom stereocenters. The number of amides is 2. The second-order valence-electron chi connectivity index (χ2n) is 6.43. The standard InChI is InChI=1S/C23H18ClN3O4/c1-15-10-12-16(13-11-15)23(30)31-20-9-5-2-6-17(20)14-25-27-22(29)21(28)26-19-8-4-3-7-18(19)24/h2-14H,1H3,(H,26,28)(H,27,29)/b25-14+. The first-order valence-electron chi connectivity index (χ1n) is 9.21. The molecule has 0 aliphatic rings. The Morgan fingerprint density at radius 1 is 0.903 bits per heavy atom. The maximum Gasteiger partial charge on any atom is 0.343 e. The van der Waals surface area contributed by atoms with E-state index >= 15 is 0 Å². The summed E-state index contributed by atoms with van der Waals surface area (Å²) in [5.74, 6) is -2.18. The molecule has 0 unspecified atom stereocenters. The van der Waals surface area contributed by atoms with Gasteiger partial charge in [-0.05, 0) is 43.3 Å². The SMILES string of the molecule is Cc1ccc(C(=O)Oc2ccccc2/C=N/NC(=O)C(=O)Nc2ccccc2Cl)cc1. The number of aryl methyl sites for hydroxylation is 1. The Morgan fingerprint density at radius 2 is 1.58 bits per heavy atom. The van der Waals surface area contributed by atoms with Crippen molar-refractivity contribution in [1.29, 1.82) is 0 Å². The van der Waals surface area contributed by atoms with Gasteiger partial charge in [0.1, 0.15) is 5.75 Å². The summed E-state index contributed by atoms with van der Waals surface area (Å²) in [5, 5.41) is 6.46. The second kappa shape index (κ2) is 10.2. The van der Waals surface area contributed by atoms with Gasteiger partial charge in [-0.3, -0.25) is 9.59 Å². The Kier molecular flexibility index (Phi) is 7.13. The van der Waals surface area contributed by atoms with Crippen LogP contribution in [-0.4, -0.2) is 24.0 Å². The van der Waals surface area contributed by atoms with E-state index in [0.717, 1.165) is 5.56 Å². The summed E-state index contributed by atoms with van der Waals surface area (Å²) < 4.78 is 5.43. The fraction of sp³-hybridized carbons (Fsp3) is 0.0435. The third-order valence-electron chi connectivity index (χ3n) is 4.11. The lowest BCUT2D eigenvalue weighted by molar-refractivity contribution is -0.136. The number of carbonyl (C=O) groups is 3. The van der Waals surface area contributed by atoms with Crippen LogP contribution in [0.15, 0.2) is 77.9 Å². The van der Waals surface area contributed by atoms with E-state index in [1.807, 2.05) is 19.1 Å². The van der Waals surface area contributed by atoms with E-state index in [0.29, 0.717) is 21.8 Å². The fourth-order valence-corrected chi connectivity index (χ4v) is 2.66. The van der Waals surface area contributed by atoms with Gasteiger partial charge in [0, 0.05) is 5.56 Å². The summed E-state index contributed by atoms with van der Waals surface area (Å²) in [5.41, 5.74) is 4.30. The molecule has 0 radical (unpaired) electrons. The average Bonchev–Trinajstić information content (AvgIpc) is 2.76. The van der Waals surface area contributed by atoms with Crippen molar-refractivity contribution in [1.82, 2.24) is 5.43 Å². The van der Waals surface area contributed by atoms with Crippen molar-refractivity contribution >= 4 is 41.3 Å². The molecule has 8 heteroatoms. The topological polar surface area (TPSA) is 96.9 Å². The molecule has 31 heavy (non-hydrogen) atoms. The molecule has 0 aliphatic carbocycles. The summed E-state index contributed by atoms with van der Waals surface area (Å²) in [4.78, 5) is 36.3. The van der Waals surface area contributed by atoms with Gasteiger partial charge < -0.3 is 10.1 Å². The van der Waals surface area contributed by atoms with Gasteiger partial charge in [0.25, 0.3) is 0 Å². The highest BCUT2D eigenvalue weighted by Crippen LogP contribution is 2.20. The predicted molar refractivity (Wildman–Crippen MR) is 118 cm³/mol. The monoisotopic (exact) mass is 435 g/mol. The van der Waals surface area contributed by atoms with Crippen LogP contribution in [0, 0.1) is 6.92 Å². The third kappa shape index (κ3) is 6.01. The van der Waals surface area contributed by atoms with Crippen LogP contribution in [0.25, 0.3) is 0 Å². The van der Waals surface area contributed by atoms with Crippen LogP contribution in [0.1, 0.15) is 21.5 Å². The molecule has 0 saturated carbocycles. The number of para-hydroxylation sites is 2. The van der Waals surface area contributed by atoms with Gasteiger partial charge in [-0.1, -0.05) is 53.6 Å². The molecule has 0 saturated heterocycles. The number of nitrogens with zero attached hydrogens (tertiary/aromatic N) is 1. The molecule has 0 aromatic heterocycles. The fourth-order valence-electron chi connectivity index (χ4n) is 2.48. The summed E-state index contributed by atoms with van der Waals surface area (Å²) in [7, 11) is 0. The van der Waals surface area contributed by atoms with Crippen molar-refractivity contribution in [3.05, 3.63) is 94.5 Å². The minimum absolute atomic E-state index is 0.256. The van der Waals surface area contributed by atoms with Crippen LogP contribution in [0.3, 0.4) is 0 Å². The Hall–Kier alpha value is -3.97. The highest BCUT2D eigenvalue weighted by atomic mass is 35.5. The molecule has 2 N–H and O–H groups in total. The average molecular weight is 436 g/mol. The largest absolute Gasteiger partial charge is 0.422 e. The first-order valence-corrected chi connectivity index (χ1v) is 9.58. The zero-order valence-corrected chi connectivity index (χ0v) is 17.2. The normalized spacial score (nSPS) is 10.5. The minimum atomic E-state index is -0.981.